The highest BCUT2D eigenvalue weighted by atomic mass is 16.6. The van der Waals surface area contributed by atoms with Gasteiger partial charge in [-0.25, -0.2) is 4.79 Å². The molecule has 3 rings (SSSR count). The topological polar surface area (TPSA) is 53.1 Å². The molecule has 2 heterocycles. The van der Waals surface area contributed by atoms with Gasteiger partial charge in [0.2, 0.25) is 5.91 Å². The molecule has 6 heteroatoms. The van der Waals surface area contributed by atoms with Crippen LogP contribution in [0, 0.1) is 0 Å². The smallest absolute Gasteiger partial charge is 0.410 e. The van der Waals surface area contributed by atoms with Crippen LogP contribution in [-0.2, 0) is 9.53 Å². The largest absolute Gasteiger partial charge is 0.444 e. The van der Waals surface area contributed by atoms with E-state index in [1.54, 1.807) is 4.90 Å². The lowest BCUT2D eigenvalue weighted by atomic mass is 10.2. The molecule has 0 N–H and O–H groups in total. The van der Waals surface area contributed by atoms with Crippen molar-refractivity contribution in [2.75, 3.05) is 32.7 Å². The Labute approximate surface area is 145 Å². The maximum absolute atomic E-state index is 13.0. The summed E-state index contributed by atoms with van der Waals surface area (Å²) >= 11 is 0. The monoisotopic (exact) mass is 337 g/mol. The maximum Gasteiger partial charge on any atom is 0.410 e. The fraction of sp³-hybridized carbons (Fsp3) is 0.889. The predicted octanol–water partition coefficient (Wildman–Crippen LogP) is 2.08. The number of carbonyl (C=O) groups is 2. The van der Waals surface area contributed by atoms with Gasteiger partial charge in [0.05, 0.1) is 0 Å². The number of nitrogens with zero attached hydrogens (tertiary/aromatic N) is 3. The van der Waals surface area contributed by atoms with Gasteiger partial charge in [-0.15, -0.1) is 0 Å². The summed E-state index contributed by atoms with van der Waals surface area (Å²) < 4.78 is 5.48. The van der Waals surface area contributed by atoms with E-state index in [1.807, 2.05) is 25.7 Å². The summed E-state index contributed by atoms with van der Waals surface area (Å²) in [5, 5.41) is 0. The van der Waals surface area contributed by atoms with Crippen LogP contribution >= 0.6 is 0 Å². The minimum Gasteiger partial charge on any atom is -0.444 e. The van der Waals surface area contributed by atoms with Crippen LogP contribution < -0.4 is 0 Å². The molecule has 1 saturated carbocycles. The Hall–Kier alpha value is -1.30. The number of carbonyl (C=O) groups excluding carboxylic acids is 2. The lowest BCUT2D eigenvalue weighted by Gasteiger charge is -2.31. The molecule has 3 aliphatic rings. The van der Waals surface area contributed by atoms with Gasteiger partial charge in [-0.2, -0.15) is 0 Å². The van der Waals surface area contributed by atoms with E-state index in [0.29, 0.717) is 6.54 Å². The Morgan fingerprint density at radius 3 is 2.33 bits per heavy atom. The van der Waals surface area contributed by atoms with Gasteiger partial charge in [0.15, 0.2) is 0 Å². The van der Waals surface area contributed by atoms with Crippen molar-refractivity contribution in [3.8, 4) is 0 Å². The van der Waals surface area contributed by atoms with Crippen LogP contribution in [0.5, 0.6) is 0 Å². The van der Waals surface area contributed by atoms with Gasteiger partial charge in [-0.3, -0.25) is 14.6 Å². The third-order valence-corrected chi connectivity index (χ3v) is 5.07. The van der Waals surface area contributed by atoms with Crippen LogP contribution in [0.1, 0.15) is 52.9 Å². The maximum atomic E-state index is 13.0. The zero-order chi connectivity index (χ0) is 17.3. The van der Waals surface area contributed by atoms with E-state index in [4.69, 9.17) is 4.74 Å². The van der Waals surface area contributed by atoms with Gasteiger partial charge >= 0.3 is 6.09 Å². The number of likely N-dealkylation sites (tertiary alicyclic amines) is 1. The molecule has 1 aliphatic carbocycles. The summed E-state index contributed by atoms with van der Waals surface area (Å²) in [5.41, 5.74) is -0.527. The summed E-state index contributed by atoms with van der Waals surface area (Å²) in [7, 11) is 0. The summed E-state index contributed by atoms with van der Waals surface area (Å²) in [4.78, 5) is 31.5. The predicted molar refractivity (Wildman–Crippen MR) is 91.8 cm³/mol. The van der Waals surface area contributed by atoms with Crippen molar-refractivity contribution < 1.29 is 14.3 Å². The van der Waals surface area contributed by atoms with Crippen molar-refractivity contribution in [1.82, 2.24) is 14.7 Å². The summed E-state index contributed by atoms with van der Waals surface area (Å²) in [5.74, 6) is 0.107. The van der Waals surface area contributed by atoms with E-state index in [0.717, 1.165) is 51.5 Å². The lowest BCUT2D eigenvalue weighted by Crippen LogP contribution is -2.49. The van der Waals surface area contributed by atoms with Crippen LogP contribution in [0.15, 0.2) is 0 Å². The first-order valence-electron chi connectivity index (χ1n) is 9.37. The van der Waals surface area contributed by atoms with Crippen LogP contribution in [0.25, 0.3) is 0 Å². The molecule has 0 spiro atoms. The minimum atomic E-state index is -0.527. The first-order chi connectivity index (χ1) is 11.3. The van der Waals surface area contributed by atoms with Crippen LogP contribution in [0.3, 0.4) is 0 Å². The van der Waals surface area contributed by atoms with Gasteiger partial charge in [0.25, 0.3) is 0 Å². The summed E-state index contributed by atoms with van der Waals surface area (Å²) in [6.45, 7) is 9.85. The molecule has 3 fully saturated rings. The van der Waals surface area contributed by atoms with Gasteiger partial charge < -0.3 is 9.64 Å². The molecule has 136 valence electrons. The Bertz CT molecular complexity index is 484. The second-order valence-corrected chi connectivity index (χ2v) is 8.28. The SMILES string of the molecule is CC(C)(C)OC(=O)N1CCC[C@@H]1C(=O)N1CCCN(C2CC2)CC1. The Kier molecular flexibility index (Phi) is 5.04. The Balaban J connectivity index is 1.59. The van der Waals surface area contributed by atoms with Gasteiger partial charge in [-0.1, -0.05) is 0 Å². The normalized spacial score (nSPS) is 26.4. The van der Waals surface area contributed by atoms with E-state index >= 15 is 0 Å². The second-order valence-electron chi connectivity index (χ2n) is 8.28. The number of amides is 2. The molecule has 0 unspecified atom stereocenters. The highest BCUT2D eigenvalue weighted by molar-refractivity contribution is 5.86. The zero-order valence-electron chi connectivity index (χ0n) is 15.3. The molecule has 2 saturated heterocycles. The van der Waals surface area contributed by atoms with Crippen molar-refractivity contribution in [1.29, 1.82) is 0 Å². The van der Waals surface area contributed by atoms with E-state index in [9.17, 15) is 9.59 Å². The molecule has 0 bridgehead atoms. The molecular formula is C18H31N3O3. The average Bonchev–Trinajstić information content (AvgIpc) is 3.25. The van der Waals surface area contributed by atoms with Crippen LogP contribution in [0.4, 0.5) is 4.79 Å². The molecule has 0 radical (unpaired) electrons. The zero-order valence-corrected chi connectivity index (χ0v) is 15.3. The molecule has 24 heavy (non-hydrogen) atoms. The molecule has 0 aromatic rings. The van der Waals surface area contributed by atoms with Gasteiger partial charge in [0.1, 0.15) is 11.6 Å². The highest BCUT2D eigenvalue weighted by Crippen LogP contribution is 2.28. The fourth-order valence-electron chi connectivity index (χ4n) is 3.74. The van der Waals surface area contributed by atoms with E-state index in [-0.39, 0.29) is 18.0 Å². The summed E-state index contributed by atoms with van der Waals surface area (Å²) in [6.07, 6.45) is 4.92. The van der Waals surface area contributed by atoms with Crippen molar-refractivity contribution >= 4 is 12.0 Å². The first kappa shape index (κ1) is 17.5. The van der Waals surface area contributed by atoms with Crippen molar-refractivity contribution in [2.45, 2.75) is 70.6 Å². The number of rotatable bonds is 2. The lowest BCUT2D eigenvalue weighted by molar-refractivity contribution is -0.135. The second kappa shape index (κ2) is 6.90. The molecule has 2 aliphatic heterocycles. The number of ether oxygens (including phenoxy) is 1. The number of hydrogen-bond acceptors (Lipinski definition) is 4. The first-order valence-corrected chi connectivity index (χ1v) is 9.37. The molecule has 1 atom stereocenters. The standard InChI is InChI=1S/C18H31N3O3/c1-18(2,3)24-17(23)21-11-4-6-15(21)16(22)20-10-5-9-19(12-13-20)14-7-8-14/h14-15H,4-13H2,1-3H3/t15-/m1/s1. The molecule has 2 amide bonds. The van der Waals surface area contributed by atoms with Crippen molar-refractivity contribution in [3.63, 3.8) is 0 Å². The Morgan fingerprint density at radius 2 is 1.67 bits per heavy atom. The summed E-state index contributed by atoms with van der Waals surface area (Å²) in [6, 6.07) is 0.414. The highest BCUT2D eigenvalue weighted by Gasteiger charge is 2.39. The van der Waals surface area contributed by atoms with Gasteiger partial charge in [0, 0.05) is 38.8 Å². The Morgan fingerprint density at radius 1 is 0.917 bits per heavy atom. The van der Waals surface area contributed by atoms with E-state index in [2.05, 4.69) is 4.90 Å². The van der Waals surface area contributed by atoms with Gasteiger partial charge in [-0.05, 0) is 52.9 Å². The van der Waals surface area contributed by atoms with E-state index in [1.165, 1.54) is 12.8 Å². The minimum absolute atomic E-state index is 0.107. The molecule has 0 aromatic carbocycles. The molecular weight excluding hydrogens is 306 g/mol. The quantitative estimate of drug-likeness (QED) is 0.774. The molecule has 0 aromatic heterocycles. The van der Waals surface area contributed by atoms with Crippen LogP contribution in [0.2, 0.25) is 0 Å². The van der Waals surface area contributed by atoms with Crippen LogP contribution in [-0.4, -0.2) is 77.1 Å². The fourth-order valence-corrected chi connectivity index (χ4v) is 3.74. The average molecular weight is 337 g/mol. The van der Waals surface area contributed by atoms with Crippen molar-refractivity contribution in [2.24, 2.45) is 0 Å². The van der Waals surface area contributed by atoms with E-state index < -0.39 is 5.60 Å². The third kappa shape index (κ3) is 4.21. The number of hydrogen-bond donors (Lipinski definition) is 0. The molecule has 6 nitrogen and oxygen atoms in total. The van der Waals surface area contributed by atoms with Crippen molar-refractivity contribution in [3.05, 3.63) is 0 Å². The third-order valence-electron chi connectivity index (χ3n) is 5.07.